The first-order valence-corrected chi connectivity index (χ1v) is 8.56. The molecular formula is C21H13FO4S. The third kappa shape index (κ3) is 3.27. The van der Waals surface area contributed by atoms with E-state index in [1.54, 1.807) is 48.5 Å². The fourth-order valence-corrected chi connectivity index (χ4v) is 3.04. The molecule has 0 aliphatic rings. The van der Waals surface area contributed by atoms with Crippen LogP contribution in [0.5, 0.6) is 5.75 Å². The minimum absolute atomic E-state index is 0.0979. The van der Waals surface area contributed by atoms with Gasteiger partial charge >= 0.3 is 0 Å². The number of furan rings is 1. The normalized spacial score (nSPS) is 11.0. The van der Waals surface area contributed by atoms with Gasteiger partial charge in [-0.15, -0.1) is 0 Å². The summed E-state index contributed by atoms with van der Waals surface area (Å²) < 4.78 is 24.4. The molecular weight excluding hydrogens is 367 g/mol. The molecule has 0 saturated carbocycles. The number of thiocarbonyl (C=S) groups is 1. The van der Waals surface area contributed by atoms with E-state index in [1.165, 1.54) is 12.1 Å². The van der Waals surface area contributed by atoms with Gasteiger partial charge in [-0.1, -0.05) is 36.5 Å². The largest absolute Gasteiger partial charge is 0.501 e. The fourth-order valence-electron chi connectivity index (χ4n) is 2.80. The standard InChI is InChI=1S/C21H13FO4S/c22-13-7-5-12(6-8-13)11-14-9-10-17(25-14)21(27)20-19(24)18(23)15-3-1-2-4-16(15)26-20/h1-10,24H,11H2. The van der Waals surface area contributed by atoms with Crippen molar-refractivity contribution in [3.05, 3.63) is 99.5 Å². The molecule has 4 aromatic rings. The molecule has 0 aliphatic heterocycles. The van der Waals surface area contributed by atoms with Crippen molar-refractivity contribution in [1.82, 2.24) is 0 Å². The fraction of sp³-hybridized carbons (Fsp3) is 0.0476. The molecule has 6 heteroatoms. The Kier molecular flexibility index (Phi) is 4.33. The molecule has 2 aromatic heterocycles. The number of hydrogen-bond acceptors (Lipinski definition) is 5. The number of benzene rings is 2. The highest BCUT2D eigenvalue weighted by molar-refractivity contribution is 7.81. The van der Waals surface area contributed by atoms with Gasteiger partial charge in [-0.2, -0.15) is 0 Å². The lowest BCUT2D eigenvalue weighted by Crippen LogP contribution is -2.08. The summed E-state index contributed by atoms with van der Waals surface area (Å²) in [4.78, 5) is 12.4. The van der Waals surface area contributed by atoms with Crippen LogP contribution in [0.25, 0.3) is 11.0 Å². The summed E-state index contributed by atoms with van der Waals surface area (Å²) in [7, 11) is 0. The first-order chi connectivity index (χ1) is 13.0. The molecule has 2 aromatic carbocycles. The summed E-state index contributed by atoms with van der Waals surface area (Å²) in [5, 5.41) is 10.5. The minimum Gasteiger partial charge on any atom is -0.501 e. The highest BCUT2D eigenvalue weighted by Gasteiger charge is 2.20. The Morgan fingerprint density at radius 1 is 1.00 bits per heavy atom. The predicted octanol–water partition coefficient (Wildman–Crippen LogP) is 4.59. The molecule has 0 fully saturated rings. The summed E-state index contributed by atoms with van der Waals surface area (Å²) in [6.45, 7) is 0. The minimum atomic E-state index is -0.549. The van der Waals surface area contributed by atoms with E-state index in [0.717, 1.165) is 5.56 Å². The van der Waals surface area contributed by atoms with Crippen molar-refractivity contribution in [2.24, 2.45) is 0 Å². The predicted molar refractivity (Wildman–Crippen MR) is 103 cm³/mol. The number of rotatable bonds is 4. The van der Waals surface area contributed by atoms with Gasteiger partial charge in [-0.25, -0.2) is 4.39 Å². The topological polar surface area (TPSA) is 63.6 Å². The molecule has 0 spiro atoms. The SMILES string of the molecule is O=c1c(O)c(C(=S)c2ccc(Cc3ccc(F)cc3)o2)oc2ccccc12. The number of hydrogen-bond donors (Lipinski definition) is 1. The molecule has 134 valence electrons. The summed E-state index contributed by atoms with van der Waals surface area (Å²) in [6.07, 6.45) is 0.455. The molecule has 4 rings (SSSR count). The lowest BCUT2D eigenvalue weighted by molar-refractivity contribution is 0.437. The number of aromatic hydroxyl groups is 1. The number of fused-ring (bicyclic) bond motifs is 1. The van der Waals surface area contributed by atoms with Gasteiger partial charge in [0.1, 0.15) is 27.8 Å². The molecule has 0 unspecified atom stereocenters. The average Bonchev–Trinajstić information content (AvgIpc) is 3.14. The first kappa shape index (κ1) is 17.2. The molecule has 2 heterocycles. The van der Waals surface area contributed by atoms with Crippen molar-refractivity contribution in [3.8, 4) is 5.75 Å². The molecule has 0 bridgehead atoms. The lowest BCUT2D eigenvalue weighted by Gasteiger charge is -2.05. The second kappa shape index (κ2) is 6.81. The Hall–Kier alpha value is -3.25. The van der Waals surface area contributed by atoms with E-state index in [-0.39, 0.29) is 21.8 Å². The molecule has 0 aliphatic carbocycles. The van der Waals surface area contributed by atoms with Crippen LogP contribution in [-0.4, -0.2) is 9.97 Å². The van der Waals surface area contributed by atoms with E-state index >= 15 is 0 Å². The van der Waals surface area contributed by atoms with Crippen LogP contribution in [0.2, 0.25) is 0 Å². The maximum absolute atomic E-state index is 13.0. The molecule has 0 radical (unpaired) electrons. The monoisotopic (exact) mass is 380 g/mol. The van der Waals surface area contributed by atoms with Crippen LogP contribution in [0.1, 0.15) is 22.8 Å². The Morgan fingerprint density at radius 3 is 2.52 bits per heavy atom. The summed E-state index contributed by atoms with van der Waals surface area (Å²) in [5.74, 6) is -0.0362. The van der Waals surface area contributed by atoms with Crippen molar-refractivity contribution in [2.45, 2.75) is 6.42 Å². The Balaban J connectivity index is 1.67. The van der Waals surface area contributed by atoms with Crippen LogP contribution >= 0.6 is 12.2 Å². The molecule has 0 amide bonds. The maximum Gasteiger partial charge on any atom is 0.235 e. The smallest absolute Gasteiger partial charge is 0.235 e. The van der Waals surface area contributed by atoms with Crippen molar-refractivity contribution >= 4 is 28.1 Å². The van der Waals surface area contributed by atoms with E-state index in [0.29, 0.717) is 23.5 Å². The van der Waals surface area contributed by atoms with Gasteiger partial charge in [0, 0.05) is 6.42 Å². The van der Waals surface area contributed by atoms with Crippen molar-refractivity contribution < 1.29 is 18.3 Å². The van der Waals surface area contributed by atoms with Crippen LogP contribution in [0.15, 0.2) is 74.3 Å². The van der Waals surface area contributed by atoms with E-state index < -0.39 is 11.2 Å². The van der Waals surface area contributed by atoms with E-state index in [1.807, 2.05) is 0 Å². The second-order valence-corrected chi connectivity index (χ2v) is 6.41. The number of halogens is 1. The van der Waals surface area contributed by atoms with Crippen LogP contribution in [0, 0.1) is 5.82 Å². The lowest BCUT2D eigenvalue weighted by atomic mass is 10.1. The quantitative estimate of drug-likeness (QED) is 0.414. The van der Waals surface area contributed by atoms with Gasteiger partial charge in [-0.3, -0.25) is 4.79 Å². The Labute approximate surface area is 158 Å². The van der Waals surface area contributed by atoms with Gasteiger partial charge in [0.05, 0.1) is 5.39 Å². The van der Waals surface area contributed by atoms with Crippen molar-refractivity contribution in [2.75, 3.05) is 0 Å². The van der Waals surface area contributed by atoms with Gasteiger partial charge < -0.3 is 13.9 Å². The van der Waals surface area contributed by atoms with Gasteiger partial charge in [0.15, 0.2) is 5.76 Å². The highest BCUT2D eigenvalue weighted by Crippen LogP contribution is 2.25. The average molecular weight is 380 g/mol. The third-order valence-electron chi connectivity index (χ3n) is 4.16. The van der Waals surface area contributed by atoms with Crippen LogP contribution in [0.3, 0.4) is 0 Å². The summed E-state index contributed by atoms with van der Waals surface area (Å²) >= 11 is 5.36. The number of para-hydroxylation sites is 1. The van der Waals surface area contributed by atoms with E-state index in [4.69, 9.17) is 21.1 Å². The van der Waals surface area contributed by atoms with E-state index in [9.17, 15) is 14.3 Å². The first-order valence-electron chi connectivity index (χ1n) is 8.15. The second-order valence-electron chi connectivity index (χ2n) is 6.00. The van der Waals surface area contributed by atoms with Crippen molar-refractivity contribution in [1.29, 1.82) is 0 Å². The van der Waals surface area contributed by atoms with Gasteiger partial charge in [0.25, 0.3) is 0 Å². The zero-order valence-corrected chi connectivity index (χ0v) is 14.8. The van der Waals surface area contributed by atoms with Crippen LogP contribution in [0.4, 0.5) is 4.39 Å². The molecule has 4 nitrogen and oxygen atoms in total. The van der Waals surface area contributed by atoms with Crippen LogP contribution in [-0.2, 0) is 6.42 Å². The molecule has 27 heavy (non-hydrogen) atoms. The maximum atomic E-state index is 13.0. The van der Waals surface area contributed by atoms with Crippen LogP contribution < -0.4 is 5.43 Å². The summed E-state index contributed by atoms with van der Waals surface area (Å²) in [5.41, 5.74) is 0.659. The summed E-state index contributed by atoms with van der Waals surface area (Å²) in [6, 6.07) is 16.1. The Morgan fingerprint density at radius 2 is 1.74 bits per heavy atom. The Bertz CT molecular complexity index is 1210. The molecule has 0 atom stereocenters. The van der Waals surface area contributed by atoms with E-state index in [2.05, 4.69) is 0 Å². The highest BCUT2D eigenvalue weighted by atomic mass is 32.1. The van der Waals surface area contributed by atoms with Crippen molar-refractivity contribution in [3.63, 3.8) is 0 Å². The third-order valence-corrected chi connectivity index (χ3v) is 4.54. The molecule has 0 saturated heterocycles. The zero-order valence-electron chi connectivity index (χ0n) is 13.9. The zero-order chi connectivity index (χ0) is 19.0. The van der Waals surface area contributed by atoms with Gasteiger partial charge in [-0.05, 0) is 42.0 Å². The van der Waals surface area contributed by atoms with Gasteiger partial charge in [0.2, 0.25) is 11.2 Å². The molecule has 1 N–H and O–H groups in total.